The quantitative estimate of drug-likeness (QED) is 0.870. The average Bonchev–Trinajstić information content (AvgIpc) is 2.92. The van der Waals surface area contributed by atoms with Crippen LogP contribution in [0.2, 0.25) is 0 Å². The van der Waals surface area contributed by atoms with Crippen LogP contribution in [0.15, 0.2) is 23.2 Å². The van der Waals surface area contributed by atoms with Crippen molar-refractivity contribution < 1.29 is 9.47 Å². The first-order chi connectivity index (χ1) is 9.17. The van der Waals surface area contributed by atoms with Crippen LogP contribution in [0.4, 0.5) is 0 Å². The smallest absolute Gasteiger partial charge is 0.127 e. The molecule has 1 aromatic rings. The number of ether oxygens (including phenoxy) is 2. The second kappa shape index (κ2) is 5.93. The highest BCUT2D eigenvalue weighted by Crippen LogP contribution is 2.32. The second-order valence-electron chi connectivity index (χ2n) is 4.67. The van der Waals surface area contributed by atoms with Gasteiger partial charge in [-0.1, -0.05) is 0 Å². The normalized spacial score (nSPS) is 15.9. The molecule has 104 valence electrons. The van der Waals surface area contributed by atoms with Crippen LogP contribution in [0.1, 0.15) is 11.6 Å². The largest absolute Gasteiger partial charge is 0.497 e. The Hall–Kier alpha value is -1.75. The molecule has 1 aromatic carbocycles. The van der Waals surface area contributed by atoms with Gasteiger partial charge < -0.3 is 14.8 Å². The number of methoxy groups -OCH3 is 2. The van der Waals surface area contributed by atoms with Gasteiger partial charge in [0.15, 0.2) is 0 Å². The van der Waals surface area contributed by atoms with E-state index in [1.54, 1.807) is 14.2 Å². The molecule has 0 fully saturated rings. The molecule has 19 heavy (non-hydrogen) atoms. The zero-order chi connectivity index (χ0) is 13.8. The Morgan fingerprint density at radius 1 is 1.26 bits per heavy atom. The Morgan fingerprint density at radius 3 is 2.58 bits per heavy atom. The number of hydrogen-bond donors (Lipinski definition) is 1. The fourth-order valence-electron chi connectivity index (χ4n) is 2.31. The minimum absolute atomic E-state index is 0.0726. The minimum Gasteiger partial charge on any atom is -0.497 e. The summed E-state index contributed by atoms with van der Waals surface area (Å²) in [5.74, 6) is 2.60. The van der Waals surface area contributed by atoms with E-state index in [4.69, 9.17) is 9.47 Å². The molecule has 2 rings (SSSR count). The summed E-state index contributed by atoms with van der Waals surface area (Å²) >= 11 is 0. The van der Waals surface area contributed by atoms with Gasteiger partial charge in [0, 0.05) is 18.2 Å². The van der Waals surface area contributed by atoms with Crippen LogP contribution in [0.3, 0.4) is 0 Å². The molecule has 0 aliphatic carbocycles. The van der Waals surface area contributed by atoms with Gasteiger partial charge in [-0.25, -0.2) is 0 Å². The maximum Gasteiger partial charge on any atom is 0.127 e. The van der Waals surface area contributed by atoms with Crippen molar-refractivity contribution in [3.8, 4) is 11.5 Å². The predicted octanol–water partition coefficient (Wildman–Crippen LogP) is 1.31. The molecule has 1 unspecified atom stereocenters. The number of amidine groups is 1. The standard InChI is InChI=1S/C14H21N3O2/c1-17(2)13(14-15-7-8-16-14)11-6-5-10(18-3)9-12(11)19-4/h5-6,9,13H,7-8H2,1-4H3,(H,15,16). The van der Waals surface area contributed by atoms with E-state index >= 15 is 0 Å². The van der Waals surface area contributed by atoms with Gasteiger partial charge in [0.05, 0.1) is 26.8 Å². The van der Waals surface area contributed by atoms with Crippen LogP contribution < -0.4 is 14.8 Å². The van der Waals surface area contributed by atoms with Crippen LogP contribution in [0, 0.1) is 0 Å². The molecular formula is C14H21N3O2. The van der Waals surface area contributed by atoms with Crippen molar-refractivity contribution in [3.05, 3.63) is 23.8 Å². The molecule has 0 saturated carbocycles. The zero-order valence-corrected chi connectivity index (χ0v) is 11.9. The molecule has 1 aliphatic rings. The van der Waals surface area contributed by atoms with Crippen LogP contribution in [0.25, 0.3) is 0 Å². The number of rotatable bonds is 5. The molecule has 1 N–H and O–H groups in total. The summed E-state index contributed by atoms with van der Waals surface area (Å²) in [5, 5.41) is 3.34. The van der Waals surface area contributed by atoms with Crippen LogP contribution in [-0.2, 0) is 0 Å². The molecule has 1 atom stereocenters. The van der Waals surface area contributed by atoms with Crippen molar-refractivity contribution in [2.24, 2.45) is 4.99 Å². The van der Waals surface area contributed by atoms with Gasteiger partial charge in [0.1, 0.15) is 17.3 Å². The first kappa shape index (κ1) is 13.7. The van der Waals surface area contributed by atoms with Gasteiger partial charge in [-0.15, -0.1) is 0 Å². The third-order valence-corrected chi connectivity index (χ3v) is 3.21. The lowest BCUT2D eigenvalue weighted by Crippen LogP contribution is -2.34. The summed E-state index contributed by atoms with van der Waals surface area (Å²) < 4.78 is 10.7. The summed E-state index contributed by atoms with van der Waals surface area (Å²) in [6, 6.07) is 5.96. The van der Waals surface area contributed by atoms with E-state index in [1.165, 1.54) is 0 Å². The lowest BCUT2D eigenvalue weighted by molar-refractivity contribution is 0.343. The molecule has 1 aliphatic heterocycles. The number of nitrogens with zero attached hydrogens (tertiary/aromatic N) is 2. The Bertz CT molecular complexity index is 472. The maximum atomic E-state index is 5.49. The summed E-state index contributed by atoms with van der Waals surface area (Å²) in [4.78, 5) is 6.66. The second-order valence-corrected chi connectivity index (χ2v) is 4.67. The van der Waals surface area contributed by atoms with Crippen LogP contribution >= 0.6 is 0 Å². The van der Waals surface area contributed by atoms with E-state index < -0.39 is 0 Å². The van der Waals surface area contributed by atoms with Crippen LogP contribution in [0.5, 0.6) is 11.5 Å². The molecule has 0 spiro atoms. The van der Waals surface area contributed by atoms with Gasteiger partial charge in [-0.3, -0.25) is 9.89 Å². The topological polar surface area (TPSA) is 46.1 Å². The van der Waals surface area contributed by atoms with Crippen molar-refractivity contribution in [2.75, 3.05) is 41.4 Å². The van der Waals surface area contributed by atoms with Gasteiger partial charge in [-0.05, 0) is 26.2 Å². The summed E-state index contributed by atoms with van der Waals surface area (Å²) in [5.41, 5.74) is 1.08. The Labute approximate surface area is 114 Å². The summed E-state index contributed by atoms with van der Waals surface area (Å²) in [6.45, 7) is 1.73. The lowest BCUT2D eigenvalue weighted by atomic mass is 10.0. The molecule has 0 amide bonds. The third kappa shape index (κ3) is 2.81. The molecule has 0 aromatic heterocycles. The Morgan fingerprint density at radius 2 is 2.05 bits per heavy atom. The first-order valence-corrected chi connectivity index (χ1v) is 6.34. The van der Waals surface area contributed by atoms with Gasteiger partial charge in [0.2, 0.25) is 0 Å². The number of aliphatic imine (C=N–C) groups is 1. The Kier molecular flexibility index (Phi) is 4.27. The van der Waals surface area contributed by atoms with Gasteiger partial charge in [0.25, 0.3) is 0 Å². The third-order valence-electron chi connectivity index (χ3n) is 3.21. The van der Waals surface area contributed by atoms with E-state index in [-0.39, 0.29) is 6.04 Å². The highest BCUT2D eigenvalue weighted by Gasteiger charge is 2.25. The van der Waals surface area contributed by atoms with Crippen molar-refractivity contribution in [3.63, 3.8) is 0 Å². The fraction of sp³-hybridized carbons (Fsp3) is 0.500. The zero-order valence-electron chi connectivity index (χ0n) is 11.9. The van der Waals surface area contributed by atoms with Gasteiger partial charge in [-0.2, -0.15) is 0 Å². The minimum atomic E-state index is 0.0726. The number of benzene rings is 1. The molecule has 0 saturated heterocycles. The monoisotopic (exact) mass is 263 g/mol. The lowest BCUT2D eigenvalue weighted by Gasteiger charge is -2.26. The number of likely N-dealkylation sites (N-methyl/N-ethyl adjacent to an activating group) is 1. The SMILES string of the molecule is COc1ccc(C(C2=NCCN2)N(C)C)c(OC)c1. The highest BCUT2D eigenvalue weighted by atomic mass is 16.5. The van der Waals surface area contributed by atoms with E-state index in [1.807, 2.05) is 32.3 Å². The van der Waals surface area contributed by atoms with E-state index in [2.05, 4.69) is 15.2 Å². The average molecular weight is 263 g/mol. The first-order valence-electron chi connectivity index (χ1n) is 6.34. The highest BCUT2D eigenvalue weighted by molar-refractivity contribution is 5.90. The van der Waals surface area contributed by atoms with E-state index in [9.17, 15) is 0 Å². The van der Waals surface area contributed by atoms with E-state index in [0.717, 1.165) is 36.0 Å². The molecule has 5 nitrogen and oxygen atoms in total. The molecule has 0 bridgehead atoms. The van der Waals surface area contributed by atoms with Crippen molar-refractivity contribution in [1.29, 1.82) is 0 Å². The van der Waals surface area contributed by atoms with Crippen molar-refractivity contribution >= 4 is 5.84 Å². The molecular weight excluding hydrogens is 242 g/mol. The summed E-state index contributed by atoms with van der Waals surface area (Å²) in [7, 11) is 7.41. The molecule has 1 heterocycles. The van der Waals surface area contributed by atoms with Crippen molar-refractivity contribution in [2.45, 2.75) is 6.04 Å². The fourth-order valence-corrected chi connectivity index (χ4v) is 2.31. The van der Waals surface area contributed by atoms with Crippen molar-refractivity contribution in [1.82, 2.24) is 10.2 Å². The summed E-state index contributed by atoms with van der Waals surface area (Å²) in [6.07, 6.45) is 0. The number of hydrogen-bond acceptors (Lipinski definition) is 5. The van der Waals surface area contributed by atoms with E-state index in [0.29, 0.717) is 0 Å². The van der Waals surface area contributed by atoms with Crippen LogP contribution in [-0.4, -0.2) is 52.1 Å². The maximum absolute atomic E-state index is 5.49. The molecule has 0 radical (unpaired) electrons. The van der Waals surface area contributed by atoms with Gasteiger partial charge >= 0.3 is 0 Å². The number of nitrogens with one attached hydrogen (secondary N) is 1. The molecule has 5 heteroatoms. The predicted molar refractivity (Wildman–Crippen MR) is 76.3 cm³/mol. The Balaban J connectivity index is 2.41.